The van der Waals surface area contributed by atoms with Crippen molar-refractivity contribution >= 4 is 20.0 Å². The molecule has 1 fully saturated rings. The first-order chi connectivity index (χ1) is 12.8. The Kier molecular flexibility index (Phi) is 5.91. The van der Waals surface area contributed by atoms with Crippen LogP contribution in [0.3, 0.4) is 0 Å². The van der Waals surface area contributed by atoms with Crippen molar-refractivity contribution in [2.24, 2.45) is 0 Å². The highest BCUT2D eigenvalue weighted by molar-refractivity contribution is 7.89. The molecule has 2 heterocycles. The van der Waals surface area contributed by atoms with Gasteiger partial charge in [-0.1, -0.05) is 0 Å². The average Bonchev–Trinajstić information content (AvgIpc) is 3.15. The first-order valence-corrected chi connectivity index (χ1v) is 11.2. The Balaban J connectivity index is 1.71. The molecule has 1 aliphatic heterocycles. The molecule has 0 aliphatic carbocycles. The number of nitrogens with zero attached hydrogens (tertiary/aromatic N) is 4. The fourth-order valence-corrected chi connectivity index (χ4v) is 5.35. The molecule has 1 N–H and O–H groups in total. The van der Waals surface area contributed by atoms with E-state index < -0.39 is 26.1 Å². The first-order valence-electron chi connectivity index (χ1n) is 8.32. The number of benzene rings is 1. The molecule has 2 aromatic rings. The highest BCUT2D eigenvalue weighted by Gasteiger charge is 2.27. The van der Waals surface area contributed by atoms with Crippen molar-refractivity contribution in [3.05, 3.63) is 36.9 Å². The van der Waals surface area contributed by atoms with Crippen molar-refractivity contribution in [3.63, 3.8) is 0 Å². The van der Waals surface area contributed by atoms with Crippen LogP contribution in [0.4, 0.5) is 0 Å². The molecule has 1 atom stereocenters. The molecule has 1 aromatic heterocycles. The largest absolute Gasteiger partial charge is 0.379 e. The molecule has 12 heteroatoms. The van der Waals surface area contributed by atoms with E-state index in [0.29, 0.717) is 19.8 Å². The van der Waals surface area contributed by atoms with Crippen LogP contribution >= 0.6 is 0 Å². The quantitative estimate of drug-likeness (QED) is 0.656. The molecule has 1 unspecified atom stereocenters. The van der Waals surface area contributed by atoms with Crippen molar-refractivity contribution < 1.29 is 21.6 Å². The SMILES string of the molecule is CC(Cn1cncn1)NS(=O)(=O)c1ccc(S(=O)(=O)N2CCOCC2)cc1. The summed E-state index contributed by atoms with van der Waals surface area (Å²) in [5.41, 5.74) is 0. The van der Waals surface area contributed by atoms with E-state index in [9.17, 15) is 16.8 Å². The van der Waals surface area contributed by atoms with Crippen molar-refractivity contribution in [3.8, 4) is 0 Å². The Morgan fingerprint density at radius 3 is 2.33 bits per heavy atom. The molecule has 1 aromatic carbocycles. The minimum absolute atomic E-state index is 0.00568. The molecule has 0 saturated carbocycles. The molecule has 1 saturated heterocycles. The molecule has 10 nitrogen and oxygen atoms in total. The Morgan fingerprint density at radius 2 is 1.74 bits per heavy atom. The summed E-state index contributed by atoms with van der Waals surface area (Å²) in [7, 11) is -7.45. The molecular formula is C15H21N5O5S2. The van der Waals surface area contributed by atoms with E-state index in [2.05, 4.69) is 14.8 Å². The van der Waals surface area contributed by atoms with Gasteiger partial charge in [0.2, 0.25) is 20.0 Å². The van der Waals surface area contributed by atoms with Gasteiger partial charge >= 0.3 is 0 Å². The van der Waals surface area contributed by atoms with Crippen LogP contribution in [-0.4, -0.2) is 68.3 Å². The minimum Gasteiger partial charge on any atom is -0.379 e. The highest BCUT2D eigenvalue weighted by Crippen LogP contribution is 2.19. The van der Waals surface area contributed by atoms with Crippen LogP contribution in [0.25, 0.3) is 0 Å². The van der Waals surface area contributed by atoms with Crippen molar-refractivity contribution in [1.82, 2.24) is 23.8 Å². The summed E-state index contributed by atoms with van der Waals surface area (Å²) in [5.74, 6) is 0. The fraction of sp³-hybridized carbons (Fsp3) is 0.467. The summed E-state index contributed by atoms with van der Waals surface area (Å²) in [6.45, 7) is 3.28. The maximum atomic E-state index is 12.6. The molecule has 148 valence electrons. The van der Waals surface area contributed by atoms with Gasteiger partial charge in [0, 0.05) is 19.1 Å². The van der Waals surface area contributed by atoms with E-state index in [4.69, 9.17) is 4.74 Å². The summed E-state index contributed by atoms with van der Waals surface area (Å²) in [6.07, 6.45) is 2.87. The van der Waals surface area contributed by atoms with Crippen molar-refractivity contribution in [2.75, 3.05) is 26.3 Å². The number of rotatable bonds is 7. The van der Waals surface area contributed by atoms with E-state index in [0.717, 1.165) is 0 Å². The number of aromatic nitrogens is 3. The lowest BCUT2D eigenvalue weighted by atomic mass is 10.4. The second-order valence-corrected chi connectivity index (χ2v) is 9.78. The molecular weight excluding hydrogens is 394 g/mol. The van der Waals surface area contributed by atoms with E-state index in [1.165, 1.54) is 45.9 Å². The number of ether oxygens (including phenoxy) is 1. The topological polar surface area (TPSA) is 123 Å². The van der Waals surface area contributed by atoms with Gasteiger partial charge in [0.25, 0.3) is 0 Å². The summed E-state index contributed by atoms with van der Waals surface area (Å²) in [5, 5.41) is 3.93. The lowest BCUT2D eigenvalue weighted by molar-refractivity contribution is 0.0730. The van der Waals surface area contributed by atoms with E-state index in [-0.39, 0.29) is 22.9 Å². The predicted molar refractivity (Wildman–Crippen MR) is 95.8 cm³/mol. The minimum atomic E-state index is -3.79. The Labute approximate surface area is 158 Å². The van der Waals surface area contributed by atoms with Gasteiger partial charge < -0.3 is 4.74 Å². The van der Waals surface area contributed by atoms with Gasteiger partial charge in [0.15, 0.2) is 0 Å². The van der Waals surface area contributed by atoms with Crippen molar-refractivity contribution in [1.29, 1.82) is 0 Å². The zero-order chi connectivity index (χ0) is 19.5. The first kappa shape index (κ1) is 19.9. The van der Waals surface area contributed by atoms with Crippen LogP contribution in [0.5, 0.6) is 0 Å². The number of sulfonamides is 2. The maximum Gasteiger partial charge on any atom is 0.243 e. The Morgan fingerprint density at radius 1 is 1.11 bits per heavy atom. The van der Waals surface area contributed by atoms with Crippen LogP contribution in [0.1, 0.15) is 6.92 Å². The number of morpholine rings is 1. The Bertz CT molecular complexity index is 953. The summed E-state index contributed by atoms with van der Waals surface area (Å²) < 4.78 is 60.7. The standard InChI is InChI=1S/C15H21N5O5S2/c1-13(10-19-12-16-11-17-19)18-26(21,22)14-2-4-15(5-3-14)27(23,24)20-6-8-25-9-7-20/h2-5,11-13,18H,6-10H2,1H3. The normalized spacial score (nSPS) is 17.7. The van der Waals surface area contributed by atoms with Crippen LogP contribution < -0.4 is 4.72 Å². The summed E-state index contributed by atoms with van der Waals surface area (Å²) in [4.78, 5) is 3.86. The average molecular weight is 415 g/mol. The number of hydrogen-bond acceptors (Lipinski definition) is 7. The molecule has 1 aliphatic rings. The molecule has 0 bridgehead atoms. The predicted octanol–water partition coefficient (Wildman–Crippen LogP) is -0.334. The zero-order valence-corrected chi connectivity index (χ0v) is 16.4. The van der Waals surface area contributed by atoms with Gasteiger partial charge in [-0.25, -0.2) is 26.5 Å². The van der Waals surface area contributed by atoms with Crippen molar-refractivity contribution in [2.45, 2.75) is 29.3 Å². The van der Waals surface area contributed by atoms with E-state index in [1.54, 1.807) is 6.92 Å². The van der Waals surface area contributed by atoms with Gasteiger partial charge in [0.05, 0.1) is 29.5 Å². The zero-order valence-electron chi connectivity index (χ0n) is 14.7. The molecule has 3 rings (SSSR count). The molecule has 27 heavy (non-hydrogen) atoms. The van der Waals surface area contributed by atoms with Gasteiger partial charge in [-0.2, -0.15) is 9.40 Å². The molecule has 0 radical (unpaired) electrons. The highest BCUT2D eigenvalue weighted by atomic mass is 32.2. The third-order valence-electron chi connectivity index (χ3n) is 4.03. The van der Waals surface area contributed by atoms with Crippen LogP contribution in [0, 0.1) is 0 Å². The van der Waals surface area contributed by atoms with Gasteiger partial charge in [-0.05, 0) is 31.2 Å². The van der Waals surface area contributed by atoms with Gasteiger partial charge in [0.1, 0.15) is 12.7 Å². The number of hydrogen-bond donors (Lipinski definition) is 1. The van der Waals surface area contributed by atoms with Crippen LogP contribution in [0.2, 0.25) is 0 Å². The van der Waals surface area contributed by atoms with Gasteiger partial charge in [-0.3, -0.25) is 4.68 Å². The fourth-order valence-electron chi connectivity index (χ4n) is 2.70. The van der Waals surface area contributed by atoms with Gasteiger partial charge in [-0.15, -0.1) is 0 Å². The third-order valence-corrected chi connectivity index (χ3v) is 7.54. The second kappa shape index (κ2) is 8.02. The molecule has 0 spiro atoms. The van der Waals surface area contributed by atoms with E-state index in [1.807, 2.05) is 0 Å². The molecule has 0 amide bonds. The monoisotopic (exact) mass is 415 g/mol. The Hall–Kier alpha value is -1.86. The summed E-state index contributed by atoms with van der Waals surface area (Å²) >= 11 is 0. The lowest BCUT2D eigenvalue weighted by Gasteiger charge is -2.26. The number of nitrogens with one attached hydrogen (secondary N) is 1. The van der Waals surface area contributed by atoms with Crippen LogP contribution in [0.15, 0.2) is 46.7 Å². The lowest BCUT2D eigenvalue weighted by Crippen LogP contribution is -2.40. The van der Waals surface area contributed by atoms with Crippen LogP contribution in [-0.2, 0) is 31.3 Å². The smallest absolute Gasteiger partial charge is 0.243 e. The van der Waals surface area contributed by atoms with E-state index >= 15 is 0 Å². The maximum absolute atomic E-state index is 12.6. The second-order valence-electron chi connectivity index (χ2n) is 6.13. The third kappa shape index (κ3) is 4.71. The summed E-state index contributed by atoms with van der Waals surface area (Å²) in [6, 6.07) is 4.77.